The third kappa shape index (κ3) is 2.82. The van der Waals surface area contributed by atoms with E-state index in [9.17, 15) is 4.79 Å². The maximum atomic E-state index is 12.6. The van der Waals surface area contributed by atoms with Gasteiger partial charge in [-0.3, -0.25) is 9.78 Å². The van der Waals surface area contributed by atoms with E-state index in [1.54, 1.807) is 6.20 Å². The highest BCUT2D eigenvalue weighted by molar-refractivity contribution is 6.09. The summed E-state index contributed by atoms with van der Waals surface area (Å²) >= 11 is 0. The van der Waals surface area contributed by atoms with Gasteiger partial charge < -0.3 is 4.74 Å². The second kappa shape index (κ2) is 5.93. The van der Waals surface area contributed by atoms with Crippen LogP contribution in [0.5, 0.6) is 0 Å². The van der Waals surface area contributed by atoms with Crippen LogP contribution in [-0.2, 0) is 4.74 Å². The van der Waals surface area contributed by atoms with Crippen molar-refractivity contribution in [3.05, 3.63) is 42.1 Å². The number of aromatic nitrogens is 1. The second-order valence-corrected chi connectivity index (χ2v) is 4.86. The van der Waals surface area contributed by atoms with E-state index in [0.29, 0.717) is 12.2 Å². The van der Waals surface area contributed by atoms with Crippen LogP contribution in [0.25, 0.3) is 10.9 Å². The molecule has 2 rings (SSSR count). The van der Waals surface area contributed by atoms with Crippen molar-refractivity contribution in [2.75, 3.05) is 6.61 Å². The molecule has 19 heavy (non-hydrogen) atoms. The van der Waals surface area contributed by atoms with Crippen molar-refractivity contribution in [2.45, 2.75) is 26.9 Å². The third-order valence-electron chi connectivity index (χ3n) is 3.12. The molecule has 0 N–H and O–H groups in total. The fourth-order valence-corrected chi connectivity index (χ4v) is 2.22. The van der Waals surface area contributed by atoms with Crippen LogP contribution in [0.15, 0.2) is 36.5 Å². The number of carbonyl (C=O) groups excluding carboxylic acids is 1. The molecule has 1 atom stereocenters. The van der Waals surface area contributed by atoms with Gasteiger partial charge in [-0.25, -0.2) is 0 Å². The van der Waals surface area contributed by atoms with E-state index in [1.807, 2.05) is 51.1 Å². The Balaban J connectivity index is 2.45. The first kappa shape index (κ1) is 13.7. The van der Waals surface area contributed by atoms with Crippen LogP contribution in [0.2, 0.25) is 0 Å². The van der Waals surface area contributed by atoms with E-state index < -0.39 is 6.10 Å². The number of nitrogens with zero attached hydrogens (tertiary/aromatic N) is 1. The number of carbonyl (C=O) groups is 1. The van der Waals surface area contributed by atoms with Gasteiger partial charge in [0, 0.05) is 23.8 Å². The normalized spacial score (nSPS) is 12.8. The predicted molar refractivity (Wildman–Crippen MR) is 76.3 cm³/mol. The molecule has 1 heterocycles. The number of Topliss-reactive ketones (excluding diaryl/α,β-unsaturated/α-hetero) is 1. The number of benzene rings is 1. The molecule has 3 heteroatoms. The van der Waals surface area contributed by atoms with Gasteiger partial charge in [0.05, 0.1) is 5.52 Å². The van der Waals surface area contributed by atoms with Crippen molar-refractivity contribution in [1.82, 2.24) is 4.98 Å². The summed E-state index contributed by atoms with van der Waals surface area (Å²) in [6, 6.07) is 9.41. The summed E-state index contributed by atoms with van der Waals surface area (Å²) in [7, 11) is 0. The van der Waals surface area contributed by atoms with Gasteiger partial charge >= 0.3 is 0 Å². The third-order valence-corrected chi connectivity index (χ3v) is 3.12. The van der Waals surface area contributed by atoms with Gasteiger partial charge in [0.2, 0.25) is 0 Å². The molecular weight excluding hydrogens is 238 g/mol. The lowest BCUT2D eigenvalue weighted by molar-refractivity contribution is 0.0281. The van der Waals surface area contributed by atoms with Crippen LogP contribution >= 0.6 is 0 Å². The van der Waals surface area contributed by atoms with Gasteiger partial charge in [-0.05, 0) is 25.0 Å². The number of ketones is 1. The molecule has 0 aliphatic carbocycles. The molecule has 1 aromatic carbocycles. The maximum Gasteiger partial charge on any atom is 0.192 e. The Bertz CT molecular complexity index is 572. The quantitative estimate of drug-likeness (QED) is 0.770. The molecule has 0 aliphatic rings. The van der Waals surface area contributed by atoms with Crippen molar-refractivity contribution in [2.24, 2.45) is 5.92 Å². The molecule has 3 nitrogen and oxygen atoms in total. The van der Waals surface area contributed by atoms with E-state index in [0.717, 1.165) is 10.9 Å². The smallest absolute Gasteiger partial charge is 0.192 e. The summed E-state index contributed by atoms with van der Waals surface area (Å²) in [4.78, 5) is 16.9. The topological polar surface area (TPSA) is 39.2 Å². The highest BCUT2D eigenvalue weighted by Gasteiger charge is 2.25. The minimum absolute atomic E-state index is 0.0375. The summed E-state index contributed by atoms with van der Waals surface area (Å²) in [5, 5.41) is 0.889. The Morgan fingerprint density at radius 3 is 2.74 bits per heavy atom. The summed E-state index contributed by atoms with van der Waals surface area (Å²) in [5.41, 5.74) is 1.53. The molecule has 0 saturated carbocycles. The van der Waals surface area contributed by atoms with Gasteiger partial charge in [-0.1, -0.05) is 32.0 Å². The van der Waals surface area contributed by atoms with E-state index in [1.165, 1.54) is 0 Å². The molecule has 2 aromatic rings. The minimum Gasteiger partial charge on any atom is -0.370 e. The molecule has 0 saturated heterocycles. The highest BCUT2D eigenvalue weighted by Crippen LogP contribution is 2.21. The number of hydrogen-bond donors (Lipinski definition) is 0. The molecule has 0 fully saturated rings. The number of pyridine rings is 1. The summed E-state index contributed by atoms with van der Waals surface area (Å²) in [6.45, 7) is 6.45. The monoisotopic (exact) mass is 257 g/mol. The molecule has 0 spiro atoms. The van der Waals surface area contributed by atoms with Crippen LogP contribution in [-0.4, -0.2) is 23.5 Å². The van der Waals surface area contributed by atoms with Crippen LogP contribution < -0.4 is 0 Å². The standard InChI is InChI=1S/C16H19NO2/c1-4-19-16(11(2)3)15(18)13-7-5-9-14-12(13)8-6-10-17-14/h5-11,16H,4H2,1-3H3. The van der Waals surface area contributed by atoms with Crippen LogP contribution in [0, 0.1) is 5.92 Å². The molecule has 1 unspecified atom stereocenters. The van der Waals surface area contributed by atoms with Crippen molar-refractivity contribution in [3.63, 3.8) is 0 Å². The summed E-state index contributed by atoms with van der Waals surface area (Å²) in [5.74, 6) is 0.190. The van der Waals surface area contributed by atoms with Crippen LogP contribution in [0.1, 0.15) is 31.1 Å². The van der Waals surface area contributed by atoms with Gasteiger partial charge in [-0.2, -0.15) is 0 Å². The number of fused-ring (bicyclic) bond motifs is 1. The second-order valence-electron chi connectivity index (χ2n) is 4.86. The predicted octanol–water partition coefficient (Wildman–Crippen LogP) is 3.48. The Kier molecular flexibility index (Phi) is 4.27. The van der Waals surface area contributed by atoms with Gasteiger partial charge in [-0.15, -0.1) is 0 Å². The first-order valence-corrected chi connectivity index (χ1v) is 6.64. The van der Waals surface area contributed by atoms with Crippen LogP contribution in [0.4, 0.5) is 0 Å². The Morgan fingerprint density at radius 1 is 1.26 bits per heavy atom. The zero-order valence-corrected chi connectivity index (χ0v) is 11.6. The van der Waals surface area contributed by atoms with Gasteiger partial charge in [0.25, 0.3) is 0 Å². The van der Waals surface area contributed by atoms with E-state index in [-0.39, 0.29) is 11.7 Å². The molecule has 100 valence electrons. The average molecular weight is 257 g/mol. The number of rotatable bonds is 5. The van der Waals surface area contributed by atoms with E-state index in [2.05, 4.69) is 4.98 Å². The van der Waals surface area contributed by atoms with Crippen molar-refractivity contribution in [1.29, 1.82) is 0 Å². The SMILES string of the molecule is CCOC(C(=O)c1cccc2ncccc12)C(C)C. The zero-order chi connectivity index (χ0) is 13.8. The fourth-order valence-electron chi connectivity index (χ4n) is 2.22. The van der Waals surface area contributed by atoms with Gasteiger partial charge in [0.1, 0.15) is 6.10 Å². The Labute approximate surface area is 113 Å². The van der Waals surface area contributed by atoms with Crippen molar-refractivity contribution >= 4 is 16.7 Å². The van der Waals surface area contributed by atoms with Crippen molar-refractivity contribution in [3.8, 4) is 0 Å². The van der Waals surface area contributed by atoms with Crippen molar-refractivity contribution < 1.29 is 9.53 Å². The first-order chi connectivity index (χ1) is 9.15. The molecule has 0 amide bonds. The van der Waals surface area contributed by atoms with Crippen LogP contribution in [0.3, 0.4) is 0 Å². The first-order valence-electron chi connectivity index (χ1n) is 6.64. The molecule has 0 bridgehead atoms. The lowest BCUT2D eigenvalue weighted by Gasteiger charge is -2.20. The fraction of sp³-hybridized carbons (Fsp3) is 0.375. The minimum atomic E-state index is -0.393. The molecule has 1 aromatic heterocycles. The summed E-state index contributed by atoms with van der Waals surface area (Å²) < 4.78 is 5.60. The lowest BCUT2D eigenvalue weighted by Crippen LogP contribution is -2.30. The Hall–Kier alpha value is -1.74. The molecule has 0 radical (unpaired) electrons. The summed E-state index contributed by atoms with van der Waals surface area (Å²) in [6.07, 6.45) is 1.34. The number of ether oxygens (including phenoxy) is 1. The van der Waals surface area contributed by atoms with Gasteiger partial charge in [0.15, 0.2) is 5.78 Å². The lowest BCUT2D eigenvalue weighted by atomic mass is 9.95. The molecule has 0 aliphatic heterocycles. The Morgan fingerprint density at radius 2 is 2.05 bits per heavy atom. The number of hydrogen-bond acceptors (Lipinski definition) is 3. The zero-order valence-electron chi connectivity index (χ0n) is 11.6. The average Bonchev–Trinajstić information content (AvgIpc) is 2.43. The van der Waals surface area contributed by atoms with E-state index in [4.69, 9.17) is 4.74 Å². The largest absolute Gasteiger partial charge is 0.370 e. The van der Waals surface area contributed by atoms with E-state index >= 15 is 0 Å². The highest BCUT2D eigenvalue weighted by atomic mass is 16.5. The maximum absolute atomic E-state index is 12.6. The molecular formula is C16H19NO2.